The number of nitrogens with zero attached hydrogens (tertiary/aromatic N) is 1. The van der Waals surface area contributed by atoms with E-state index >= 15 is 0 Å². The molecule has 1 aromatic carbocycles. The molecule has 3 heterocycles. The molecule has 2 amide bonds. The van der Waals surface area contributed by atoms with Crippen LogP contribution < -0.4 is 4.90 Å². The number of carbonyl (C=O) groups is 2. The van der Waals surface area contributed by atoms with Crippen molar-refractivity contribution < 1.29 is 14.3 Å². The summed E-state index contributed by atoms with van der Waals surface area (Å²) in [6.07, 6.45) is 3.36. The smallest absolute Gasteiger partial charge is 0.240 e. The molecular formula is C15H13NO3. The molecule has 0 saturated carbocycles. The van der Waals surface area contributed by atoms with Crippen molar-refractivity contribution in [3.8, 4) is 0 Å². The van der Waals surface area contributed by atoms with Gasteiger partial charge in [-0.1, -0.05) is 30.4 Å². The number of carbonyl (C=O) groups excluding carboxylic acids is 2. The van der Waals surface area contributed by atoms with Crippen LogP contribution in [0.25, 0.3) is 0 Å². The minimum absolute atomic E-state index is 0.124. The largest absolute Gasteiger partial charge is 0.365 e. The van der Waals surface area contributed by atoms with Gasteiger partial charge in [0.2, 0.25) is 11.8 Å². The minimum atomic E-state index is -0.331. The van der Waals surface area contributed by atoms with Crippen molar-refractivity contribution in [3.63, 3.8) is 0 Å². The number of imide groups is 1. The standard InChI is InChI=1S/C15H13NO3/c1-8-4-2-3-5-9(8)16-14(17)12-10-6-7-11(19-10)13(12)15(16)18/h2-7,10-13H,1H3/t10-,11+,12-,13+. The summed E-state index contributed by atoms with van der Waals surface area (Å²) in [5.41, 5.74) is 1.64. The van der Waals surface area contributed by atoms with Gasteiger partial charge in [0.15, 0.2) is 0 Å². The number of para-hydroxylation sites is 1. The zero-order chi connectivity index (χ0) is 13.1. The summed E-state index contributed by atoms with van der Waals surface area (Å²) in [7, 11) is 0. The summed E-state index contributed by atoms with van der Waals surface area (Å²) in [5, 5.41) is 0. The zero-order valence-corrected chi connectivity index (χ0v) is 10.4. The van der Waals surface area contributed by atoms with Gasteiger partial charge < -0.3 is 4.74 Å². The highest BCUT2D eigenvalue weighted by Crippen LogP contribution is 2.46. The van der Waals surface area contributed by atoms with E-state index < -0.39 is 0 Å². The maximum Gasteiger partial charge on any atom is 0.240 e. The molecule has 4 nitrogen and oxygen atoms in total. The molecule has 2 bridgehead atoms. The fourth-order valence-electron chi connectivity index (χ4n) is 3.36. The lowest BCUT2D eigenvalue weighted by Gasteiger charge is -2.19. The summed E-state index contributed by atoms with van der Waals surface area (Å²) >= 11 is 0. The predicted octanol–water partition coefficient (Wildman–Crippen LogP) is 1.44. The van der Waals surface area contributed by atoms with E-state index in [1.54, 1.807) is 0 Å². The van der Waals surface area contributed by atoms with Crippen molar-refractivity contribution in [2.24, 2.45) is 11.8 Å². The number of aryl methyl sites for hydroxylation is 1. The Morgan fingerprint density at radius 2 is 1.58 bits per heavy atom. The van der Waals surface area contributed by atoms with Gasteiger partial charge in [0.05, 0.1) is 29.7 Å². The molecule has 0 spiro atoms. The van der Waals surface area contributed by atoms with E-state index in [-0.39, 0.29) is 35.9 Å². The first-order chi connectivity index (χ1) is 9.18. The van der Waals surface area contributed by atoms with Crippen molar-refractivity contribution in [1.29, 1.82) is 0 Å². The third-order valence-electron chi connectivity index (χ3n) is 4.27. The number of hydrogen-bond acceptors (Lipinski definition) is 3. The highest BCUT2D eigenvalue weighted by atomic mass is 16.5. The fourth-order valence-corrected chi connectivity index (χ4v) is 3.36. The molecule has 96 valence electrons. The van der Waals surface area contributed by atoms with Crippen LogP contribution in [0.4, 0.5) is 5.69 Å². The van der Waals surface area contributed by atoms with Gasteiger partial charge in [-0.15, -0.1) is 0 Å². The Morgan fingerprint density at radius 1 is 1.00 bits per heavy atom. The number of rotatable bonds is 1. The molecule has 4 heteroatoms. The summed E-state index contributed by atoms with van der Waals surface area (Å²) in [5.74, 6) is -0.911. The lowest BCUT2D eigenvalue weighted by molar-refractivity contribution is -0.124. The van der Waals surface area contributed by atoms with Crippen LogP contribution in [0.2, 0.25) is 0 Å². The molecule has 0 aromatic heterocycles. The highest BCUT2D eigenvalue weighted by molar-refractivity contribution is 6.23. The first-order valence-electron chi connectivity index (χ1n) is 6.46. The molecule has 1 aromatic rings. The molecule has 19 heavy (non-hydrogen) atoms. The number of anilines is 1. The monoisotopic (exact) mass is 255 g/mol. The van der Waals surface area contributed by atoms with E-state index in [2.05, 4.69) is 0 Å². The van der Waals surface area contributed by atoms with Crippen LogP contribution in [0.3, 0.4) is 0 Å². The summed E-state index contributed by atoms with van der Waals surface area (Å²) in [4.78, 5) is 26.4. The van der Waals surface area contributed by atoms with Gasteiger partial charge in [0.1, 0.15) is 0 Å². The first-order valence-corrected chi connectivity index (χ1v) is 6.46. The van der Waals surface area contributed by atoms with Gasteiger partial charge >= 0.3 is 0 Å². The Balaban J connectivity index is 1.79. The van der Waals surface area contributed by atoms with E-state index in [0.717, 1.165) is 5.56 Å². The molecular weight excluding hydrogens is 242 g/mol. The number of hydrogen-bond donors (Lipinski definition) is 0. The Kier molecular flexibility index (Phi) is 2.04. The minimum Gasteiger partial charge on any atom is -0.365 e. The average Bonchev–Trinajstić information content (AvgIpc) is 3.06. The lowest BCUT2D eigenvalue weighted by Crippen LogP contribution is -2.34. The Hall–Kier alpha value is -1.94. The second kappa shape index (κ2) is 3.54. The molecule has 2 saturated heterocycles. The maximum atomic E-state index is 12.5. The molecule has 0 N–H and O–H groups in total. The summed E-state index contributed by atoms with van der Waals surface area (Å²) in [6.45, 7) is 1.91. The van der Waals surface area contributed by atoms with Crippen LogP contribution in [0.5, 0.6) is 0 Å². The molecule has 0 radical (unpaired) electrons. The predicted molar refractivity (Wildman–Crippen MR) is 68.5 cm³/mol. The van der Waals surface area contributed by atoms with Crippen molar-refractivity contribution in [2.45, 2.75) is 19.1 Å². The van der Waals surface area contributed by atoms with Gasteiger partial charge in [0.25, 0.3) is 0 Å². The fraction of sp³-hybridized carbons (Fsp3) is 0.333. The Bertz CT molecular complexity index is 592. The average molecular weight is 255 g/mol. The summed E-state index contributed by atoms with van der Waals surface area (Å²) in [6, 6.07) is 7.48. The van der Waals surface area contributed by atoms with Gasteiger partial charge in [-0.3, -0.25) is 9.59 Å². The van der Waals surface area contributed by atoms with E-state index in [9.17, 15) is 9.59 Å². The lowest BCUT2D eigenvalue weighted by atomic mass is 9.85. The third kappa shape index (κ3) is 1.27. The van der Waals surface area contributed by atoms with Crippen LogP contribution in [0.15, 0.2) is 36.4 Å². The molecule has 0 aliphatic carbocycles. The van der Waals surface area contributed by atoms with E-state index in [1.165, 1.54) is 4.90 Å². The molecule has 4 atom stereocenters. The highest BCUT2D eigenvalue weighted by Gasteiger charge is 2.61. The number of benzene rings is 1. The number of ether oxygens (including phenoxy) is 1. The van der Waals surface area contributed by atoms with Crippen molar-refractivity contribution >= 4 is 17.5 Å². The Labute approximate surface area is 110 Å². The quantitative estimate of drug-likeness (QED) is 0.563. The normalized spacial score (nSPS) is 35.3. The SMILES string of the molecule is Cc1ccccc1N1C(=O)[C@@H]2[C@H](C1=O)[C@H]1C=C[C@@H]2O1. The van der Waals surface area contributed by atoms with Crippen molar-refractivity contribution in [2.75, 3.05) is 4.90 Å². The number of fused-ring (bicyclic) bond motifs is 5. The van der Waals surface area contributed by atoms with Gasteiger partial charge in [-0.25, -0.2) is 4.90 Å². The third-order valence-corrected chi connectivity index (χ3v) is 4.27. The van der Waals surface area contributed by atoms with Gasteiger partial charge in [-0.05, 0) is 18.6 Å². The zero-order valence-electron chi connectivity index (χ0n) is 10.4. The van der Waals surface area contributed by atoms with Crippen molar-refractivity contribution in [1.82, 2.24) is 0 Å². The van der Waals surface area contributed by atoms with Crippen LogP contribution in [0.1, 0.15) is 5.56 Å². The molecule has 3 aliphatic heterocycles. The second-order valence-corrected chi connectivity index (χ2v) is 5.30. The Morgan fingerprint density at radius 3 is 2.16 bits per heavy atom. The van der Waals surface area contributed by atoms with Crippen LogP contribution >= 0.6 is 0 Å². The number of amides is 2. The van der Waals surface area contributed by atoms with E-state index in [1.807, 2.05) is 43.3 Å². The van der Waals surface area contributed by atoms with E-state index in [0.29, 0.717) is 5.69 Å². The van der Waals surface area contributed by atoms with Crippen LogP contribution in [-0.4, -0.2) is 24.0 Å². The molecule has 4 rings (SSSR count). The molecule has 0 unspecified atom stereocenters. The van der Waals surface area contributed by atoms with Crippen molar-refractivity contribution in [3.05, 3.63) is 42.0 Å². The van der Waals surface area contributed by atoms with Gasteiger partial charge in [-0.2, -0.15) is 0 Å². The van der Waals surface area contributed by atoms with E-state index in [4.69, 9.17) is 4.74 Å². The molecule has 2 fully saturated rings. The maximum absolute atomic E-state index is 12.5. The van der Waals surface area contributed by atoms with Crippen LogP contribution in [0, 0.1) is 18.8 Å². The van der Waals surface area contributed by atoms with Crippen LogP contribution in [-0.2, 0) is 14.3 Å². The topological polar surface area (TPSA) is 46.6 Å². The second-order valence-electron chi connectivity index (χ2n) is 5.30. The van der Waals surface area contributed by atoms with Gasteiger partial charge in [0, 0.05) is 0 Å². The molecule has 3 aliphatic rings. The summed E-state index contributed by atoms with van der Waals surface area (Å²) < 4.78 is 5.62. The first kappa shape index (κ1) is 10.9.